The Morgan fingerprint density at radius 1 is 1.38 bits per heavy atom. The van der Waals surface area contributed by atoms with E-state index in [1.54, 1.807) is 0 Å². The van der Waals surface area contributed by atoms with E-state index in [2.05, 4.69) is 9.97 Å². The Morgan fingerprint density at radius 3 is 2.96 bits per heavy atom. The topological polar surface area (TPSA) is 64.6 Å². The molecule has 4 heterocycles. The molecule has 2 aliphatic heterocycles. The van der Waals surface area contributed by atoms with Crippen LogP contribution >= 0.6 is 11.3 Å². The molecule has 2 aliphatic rings. The fraction of sp³-hybridized carbons (Fsp3) is 0.526. The number of amides is 1. The van der Waals surface area contributed by atoms with E-state index in [1.165, 1.54) is 11.3 Å². The molecule has 0 bridgehead atoms. The van der Waals surface area contributed by atoms with Gasteiger partial charge in [-0.1, -0.05) is 6.07 Å². The quantitative estimate of drug-likeness (QED) is 0.825. The maximum absolute atomic E-state index is 12.5. The van der Waals surface area contributed by atoms with Crippen molar-refractivity contribution < 1.29 is 14.3 Å². The molecule has 6 nitrogen and oxygen atoms in total. The molecule has 2 aromatic rings. The number of aromatic nitrogens is 2. The Balaban J connectivity index is 1.31. The van der Waals surface area contributed by atoms with E-state index in [0.29, 0.717) is 32.0 Å². The zero-order valence-corrected chi connectivity index (χ0v) is 15.9. The summed E-state index contributed by atoms with van der Waals surface area (Å²) in [6, 6.07) is 5.97. The number of thiazole rings is 1. The summed E-state index contributed by atoms with van der Waals surface area (Å²) in [6.07, 6.45) is 1.84. The Labute approximate surface area is 157 Å². The SMILES string of the molecule is Cc1cccc(CO[C@@H]2CCOC3(C2)CN(C(=O)c2csc(C)n2)C3)n1. The van der Waals surface area contributed by atoms with E-state index in [4.69, 9.17) is 9.47 Å². The highest BCUT2D eigenvalue weighted by Crippen LogP contribution is 2.36. The number of carbonyl (C=O) groups excluding carboxylic acids is 1. The maximum Gasteiger partial charge on any atom is 0.273 e. The van der Waals surface area contributed by atoms with Crippen LogP contribution in [0.1, 0.15) is 39.7 Å². The lowest BCUT2D eigenvalue weighted by Gasteiger charge is -2.52. The van der Waals surface area contributed by atoms with Gasteiger partial charge in [-0.25, -0.2) is 4.98 Å². The number of ether oxygens (including phenoxy) is 2. The second-order valence-corrected chi connectivity index (χ2v) is 8.20. The first-order chi connectivity index (χ1) is 12.5. The van der Waals surface area contributed by atoms with Crippen molar-refractivity contribution in [3.8, 4) is 0 Å². The predicted octanol–water partition coefficient (Wildman–Crippen LogP) is 2.75. The van der Waals surface area contributed by atoms with Crippen LogP contribution in [0.15, 0.2) is 23.6 Å². The summed E-state index contributed by atoms with van der Waals surface area (Å²) < 4.78 is 12.1. The number of hydrogen-bond donors (Lipinski definition) is 0. The van der Waals surface area contributed by atoms with Gasteiger partial charge in [0.15, 0.2) is 0 Å². The van der Waals surface area contributed by atoms with Crippen LogP contribution in [0.3, 0.4) is 0 Å². The Morgan fingerprint density at radius 2 is 2.23 bits per heavy atom. The number of aryl methyl sites for hydroxylation is 2. The van der Waals surface area contributed by atoms with Gasteiger partial charge in [0, 0.05) is 24.1 Å². The third kappa shape index (κ3) is 3.65. The average molecular weight is 373 g/mol. The van der Waals surface area contributed by atoms with E-state index in [9.17, 15) is 4.79 Å². The Bertz CT molecular complexity index is 801. The van der Waals surface area contributed by atoms with Crippen LogP contribution in [0, 0.1) is 13.8 Å². The molecule has 0 aromatic carbocycles. The fourth-order valence-corrected chi connectivity index (χ4v) is 4.23. The molecule has 0 saturated carbocycles. The Kier molecular flexibility index (Phi) is 4.77. The smallest absolute Gasteiger partial charge is 0.273 e. The highest BCUT2D eigenvalue weighted by molar-refractivity contribution is 7.09. The van der Waals surface area contributed by atoms with Crippen LogP contribution in [0.25, 0.3) is 0 Å². The molecule has 1 amide bonds. The molecule has 26 heavy (non-hydrogen) atoms. The monoisotopic (exact) mass is 373 g/mol. The van der Waals surface area contributed by atoms with Crippen molar-refractivity contribution in [1.29, 1.82) is 0 Å². The molecule has 4 rings (SSSR count). The number of likely N-dealkylation sites (tertiary alicyclic amines) is 1. The van der Waals surface area contributed by atoms with Crippen molar-refractivity contribution in [2.24, 2.45) is 0 Å². The molecule has 7 heteroatoms. The summed E-state index contributed by atoms with van der Waals surface area (Å²) >= 11 is 1.50. The average Bonchev–Trinajstić information content (AvgIpc) is 3.04. The van der Waals surface area contributed by atoms with Crippen LogP contribution < -0.4 is 0 Å². The molecule has 0 radical (unpaired) electrons. The second-order valence-electron chi connectivity index (χ2n) is 7.14. The zero-order valence-electron chi connectivity index (χ0n) is 15.1. The molecule has 0 aliphatic carbocycles. The molecular formula is C19H23N3O3S. The minimum Gasteiger partial charge on any atom is -0.372 e. The summed E-state index contributed by atoms with van der Waals surface area (Å²) in [4.78, 5) is 23.1. The first kappa shape index (κ1) is 17.6. The molecule has 2 fully saturated rings. The van der Waals surface area contributed by atoms with Gasteiger partial charge < -0.3 is 14.4 Å². The lowest BCUT2D eigenvalue weighted by Crippen LogP contribution is -2.67. The molecular weight excluding hydrogens is 350 g/mol. The van der Waals surface area contributed by atoms with Gasteiger partial charge in [-0.15, -0.1) is 11.3 Å². The van der Waals surface area contributed by atoms with E-state index in [-0.39, 0.29) is 17.6 Å². The third-order valence-electron chi connectivity index (χ3n) is 4.94. The predicted molar refractivity (Wildman–Crippen MR) is 98.2 cm³/mol. The summed E-state index contributed by atoms with van der Waals surface area (Å²) in [7, 11) is 0. The van der Waals surface area contributed by atoms with Crippen molar-refractivity contribution in [3.05, 3.63) is 45.7 Å². The standard InChI is InChI=1S/C19H23N3O3S/c1-13-4-3-5-15(20-13)9-24-16-6-7-25-19(8-16)11-22(12-19)18(23)17-10-26-14(2)21-17/h3-5,10,16H,6-9,11-12H2,1-2H3/t16-/m1/s1. The lowest BCUT2D eigenvalue weighted by atomic mass is 9.84. The van der Waals surface area contributed by atoms with E-state index >= 15 is 0 Å². The van der Waals surface area contributed by atoms with Gasteiger partial charge in [0.1, 0.15) is 11.3 Å². The van der Waals surface area contributed by atoms with Gasteiger partial charge in [0.25, 0.3) is 5.91 Å². The van der Waals surface area contributed by atoms with Crippen molar-refractivity contribution in [3.63, 3.8) is 0 Å². The Hall–Kier alpha value is -1.83. The van der Waals surface area contributed by atoms with Crippen LogP contribution in [0.5, 0.6) is 0 Å². The summed E-state index contributed by atoms with van der Waals surface area (Å²) in [5, 5.41) is 2.74. The number of nitrogens with zero attached hydrogens (tertiary/aromatic N) is 3. The van der Waals surface area contributed by atoms with Crippen LogP contribution in [0.2, 0.25) is 0 Å². The van der Waals surface area contributed by atoms with Crippen molar-refractivity contribution in [2.75, 3.05) is 19.7 Å². The van der Waals surface area contributed by atoms with Crippen molar-refractivity contribution in [1.82, 2.24) is 14.9 Å². The first-order valence-corrected chi connectivity index (χ1v) is 9.80. The maximum atomic E-state index is 12.5. The minimum atomic E-state index is -0.260. The summed E-state index contributed by atoms with van der Waals surface area (Å²) in [5.41, 5.74) is 2.23. The second kappa shape index (κ2) is 7.06. The third-order valence-corrected chi connectivity index (χ3v) is 5.72. The van der Waals surface area contributed by atoms with E-state index in [1.807, 2.05) is 42.3 Å². The van der Waals surface area contributed by atoms with Gasteiger partial charge in [-0.3, -0.25) is 9.78 Å². The fourth-order valence-electron chi connectivity index (χ4n) is 3.65. The molecule has 1 atom stereocenters. The highest BCUT2D eigenvalue weighted by atomic mass is 32.1. The van der Waals surface area contributed by atoms with Gasteiger partial charge in [-0.2, -0.15) is 0 Å². The number of pyridine rings is 1. The normalized spacial score (nSPS) is 21.6. The first-order valence-electron chi connectivity index (χ1n) is 8.93. The lowest BCUT2D eigenvalue weighted by molar-refractivity contribution is -0.188. The van der Waals surface area contributed by atoms with Crippen molar-refractivity contribution in [2.45, 2.75) is 45.0 Å². The van der Waals surface area contributed by atoms with Crippen LogP contribution in [-0.4, -0.2) is 52.2 Å². The van der Waals surface area contributed by atoms with E-state index < -0.39 is 0 Å². The number of rotatable bonds is 4. The molecule has 1 spiro atoms. The summed E-state index contributed by atoms with van der Waals surface area (Å²) in [6.45, 7) is 6.31. The molecule has 2 saturated heterocycles. The van der Waals surface area contributed by atoms with Gasteiger partial charge >= 0.3 is 0 Å². The van der Waals surface area contributed by atoms with Gasteiger partial charge in [0.05, 0.1) is 36.5 Å². The largest absolute Gasteiger partial charge is 0.372 e. The van der Waals surface area contributed by atoms with Gasteiger partial charge in [-0.05, 0) is 32.4 Å². The van der Waals surface area contributed by atoms with E-state index in [0.717, 1.165) is 29.2 Å². The number of carbonyl (C=O) groups is 1. The highest BCUT2D eigenvalue weighted by Gasteiger charge is 2.50. The molecule has 0 N–H and O–H groups in total. The molecule has 138 valence electrons. The molecule has 0 unspecified atom stereocenters. The minimum absolute atomic E-state index is 0.00409. The summed E-state index contributed by atoms with van der Waals surface area (Å²) in [5.74, 6) is -0.00409. The molecule has 2 aromatic heterocycles. The van der Waals surface area contributed by atoms with Crippen molar-refractivity contribution >= 4 is 17.2 Å². The van der Waals surface area contributed by atoms with Crippen LogP contribution in [-0.2, 0) is 16.1 Å². The van der Waals surface area contributed by atoms with Crippen LogP contribution in [0.4, 0.5) is 0 Å². The number of hydrogen-bond acceptors (Lipinski definition) is 6. The van der Waals surface area contributed by atoms with Gasteiger partial charge in [0.2, 0.25) is 0 Å². The zero-order chi connectivity index (χ0) is 18.1.